The van der Waals surface area contributed by atoms with Crippen LogP contribution >= 0.6 is 15.9 Å². The Labute approximate surface area is 67.3 Å². The number of furan rings is 1. The molecule has 0 radical (unpaired) electrons. The molecule has 0 spiro atoms. The molecule has 1 aromatic heterocycles. The van der Waals surface area contributed by atoms with Crippen LogP contribution in [-0.2, 0) is 4.79 Å². The molecule has 1 aromatic rings. The minimum Gasteiger partial charge on any atom is -0.457 e. The number of aldehydes is 1. The molecule has 1 rings (SSSR count). The third-order valence-corrected chi connectivity index (χ3v) is 1.99. The van der Waals surface area contributed by atoms with Gasteiger partial charge in [0.1, 0.15) is 6.29 Å². The predicted octanol–water partition coefficient (Wildman–Crippen LogP) is 2.34. The SMILES string of the molecule is CC(C=O)c1ccoc1Br. The maximum absolute atomic E-state index is 10.3. The number of rotatable bonds is 2. The molecule has 0 aliphatic rings. The van der Waals surface area contributed by atoms with Crippen LogP contribution in [0.5, 0.6) is 0 Å². The second kappa shape index (κ2) is 3.01. The molecular weight excluding hydrogens is 196 g/mol. The van der Waals surface area contributed by atoms with E-state index in [4.69, 9.17) is 4.42 Å². The Bertz CT molecular complexity index is 229. The van der Waals surface area contributed by atoms with Crippen LogP contribution in [0.2, 0.25) is 0 Å². The molecule has 0 aliphatic heterocycles. The summed E-state index contributed by atoms with van der Waals surface area (Å²) in [5.74, 6) is -0.0897. The third kappa shape index (κ3) is 1.29. The Morgan fingerprint density at radius 3 is 2.90 bits per heavy atom. The zero-order valence-electron chi connectivity index (χ0n) is 5.50. The lowest BCUT2D eigenvalue weighted by atomic mass is 10.1. The fourth-order valence-corrected chi connectivity index (χ4v) is 1.31. The topological polar surface area (TPSA) is 30.2 Å². The van der Waals surface area contributed by atoms with E-state index in [1.165, 1.54) is 0 Å². The molecule has 0 aromatic carbocycles. The summed E-state index contributed by atoms with van der Waals surface area (Å²) >= 11 is 3.18. The van der Waals surface area contributed by atoms with E-state index in [0.29, 0.717) is 4.67 Å². The smallest absolute Gasteiger partial charge is 0.172 e. The summed E-state index contributed by atoms with van der Waals surface area (Å²) in [5.41, 5.74) is 0.898. The molecule has 1 atom stereocenters. The molecule has 0 fully saturated rings. The monoisotopic (exact) mass is 202 g/mol. The molecule has 1 heterocycles. The Morgan fingerprint density at radius 2 is 2.50 bits per heavy atom. The molecule has 10 heavy (non-hydrogen) atoms. The van der Waals surface area contributed by atoms with Gasteiger partial charge in [0, 0.05) is 11.5 Å². The highest BCUT2D eigenvalue weighted by molar-refractivity contribution is 9.10. The van der Waals surface area contributed by atoms with Crippen molar-refractivity contribution < 1.29 is 9.21 Å². The Kier molecular flexibility index (Phi) is 2.27. The molecular formula is C7H7BrO2. The van der Waals surface area contributed by atoms with E-state index in [9.17, 15) is 4.79 Å². The van der Waals surface area contributed by atoms with E-state index in [2.05, 4.69) is 15.9 Å². The van der Waals surface area contributed by atoms with Crippen LogP contribution in [0, 0.1) is 0 Å². The van der Waals surface area contributed by atoms with Crippen molar-refractivity contribution in [2.75, 3.05) is 0 Å². The van der Waals surface area contributed by atoms with E-state index in [-0.39, 0.29) is 5.92 Å². The van der Waals surface area contributed by atoms with Crippen molar-refractivity contribution in [2.45, 2.75) is 12.8 Å². The summed E-state index contributed by atoms with van der Waals surface area (Å²) in [7, 11) is 0. The number of carbonyl (C=O) groups excluding carboxylic acids is 1. The lowest BCUT2D eigenvalue weighted by Crippen LogP contribution is -1.91. The Balaban J connectivity index is 2.92. The minimum atomic E-state index is -0.0897. The third-order valence-electron chi connectivity index (χ3n) is 1.34. The van der Waals surface area contributed by atoms with Crippen molar-refractivity contribution >= 4 is 22.2 Å². The van der Waals surface area contributed by atoms with Crippen molar-refractivity contribution in [3.05, 3.63) is 22.6 Å². The van der Waals surface area contributed by atoms with Gasteiger partial charge in [-0.05, 0) is 22.0 Å². The molecule has 3 heteroatoms. The van der Waals surface area contributed by atoms with Gasteiger partial charge in [-0.25, -0.2) is 0 Å². The van der Waals surface area contributed by atoms with Crippen molar-refractivity contribution in [1.29, 1.82) is 0 Å². The van der Waals surface area contributed by atoms with Gasteiger partial charge in [-0.1, -0.05) is 6.92 Å². The quantitative estimate of drug-likeness (QED) is 0.690. The van der Waals surface area contributed by atoms with Gasteiger partial charge in [-0.15, -0.1) is 0 Å². The van der Waals surface area contributed by atoms with Crippen LogP contribution in [-0.4, -0.2) is 6.29 Å². The highest BCUT2D eigenvalue weighted by atomic mass is 79.9. The molecule has 0 amide bonds. The van der Waals surface area contributed by atoms with Crippen molar-refractivity contribution in [2.24, 2.45) is 0 Å². The van der Waals surface area contributed by atoms with Gasteiger partial charge >= 0.3 is 0 Å². The van der Waals surface area contributed by atoms with Gasteiger partial charge in [0.05, 0.1) is 6.26 Å². The molecule has 0 aliphatic carbocycles. The Hall–Kier alpha value is -0.570. The highest BCUT2D eigenvalue weighted by Crippen LogP contribution is 2.23. The summed E-state index contributed by atoms with van der Waals surface area (Å²) in [4.78, 5) is 10.3. The van der Waals surface area contributed by atoms with E-state index in [1.54, 1.807) is 12.3 Å². The van der Waals surface area contributed by atoms with Crippen LogP contribution in [0.3, 0.4) is 0 Å². The molecule has 2 nitrogen and oxygen atoms in total. The van der Waals surface area contributed by atoms with Crippen LogP contribution in [0.15, 0.2) is 21.4 Å². The number of hydrogen-bond acceptors (Lipinski definition) is 2. The van der Waals surface area contributed by atoms with E-state index >= 15 is 0 Å². The van der Waals surface area contributed by atoms with Gasteiger partial charge in [0.15, 0.2) is 4.67 Å². The molecule has 54 valence electrons. The zero-order chi connectivity index (χ0) is 7.56. The maximum Gasteiger partial charge on any atom is 0.172 e. The van der Waals surface area contributed by atoms with Crippen LogP contribution in [0.4, 0.5) is 0 Å². The number of hydrogen-bond donors (Lipinski definition) is 0. The van der Waals surface area contributed by atoms with E-state index in [0.717, 1.165) is 11.8 Å². The number of halogens is 1. The fourth-order valence-electron chi connectivity index (χ4n) is 0.705. The summed E-state index contributed by atoms with van der Waals surface area (Å²) in [6.07, 6.45) is 2.44. The fraction of sp³-hybridized carbons (Fsp3) is 0.286. The average Bonchev–Trinajstić information content (AvgIpc) is 2.34. The lowest BCUT2D eigenvalue weighted by Gasteiger charge is -1.97. The van der Waals surface area contributed by atoms with Crippen molar-refractivity contribution in [1.82, 2.24) is 0 Å². The Morgan fingerprint density at radius 1 is 1.80 bits per heavy atom. The first-order chi connectivity index (χ1) is 4.75. The molecule has 0 N–H and O–H groups in total. The second-order valence-electron chi connectivity index (χ2n) is 2.07. The van der Waals surface area contributed by atoms with Gasteiger partial charge in [0.25, 0.3) is 0 Å². The van der Waals surface area contributed by atoms with Crippen LogP contribution in [0.1, 0.15) is 18.4 Å². The average molecular weight is 203 g/mol. The largest absolute Gasteiger partial charge is 0.457 e. The zero-order valence-corrected chi connectivity index (χ0v) is 7.09. The normalized spacial score (nSPS) is 13.0. The second-order valence-corrected chi connectivity index (χ2v) is 2.79. The molecule has 0 saturated heterocycles. The van der Waals surface area contributed by atoms with Gasteiger partial charge in [-0.3, -0.25) is 0 Å². The first-order valence-electron chi connectivity index (χ1n) is 2.94. The summed E-state index contributed by atoms with van der Waals surface area (Å²) < 4.78 is 5.59. The first-order valence-corrected chi connectivity index (χ1v) is 3.73. The van der Waals surface area contributed by atoms with E-state index < -0.39 is 0 Å². The first kappa shape index (κ1) is 7.54. The lowest BCUT2D eigenvalue weighted by molar-refractivity contribution is -0.108. The summed E-state index contributed by atoms with van der Waals surface area (Å²) in [5, 5.41) is 0. The molecule has 0 bridgehead atoms. The molecule has 0 saturated carbocycles. The summed E-state index contributed by atoms with van der Waals surface area (Å²) in [6, 6.07) is 1.78. The van der Waals surface area contributed by atoms with Crippen LogP contribution < -0.4 is 0 Å². The maximum atomic E-state index is 10.3. The standard InChI is InChI=1S/C7H7BrO2/c1-5(4-9)6-2-3-10-7(6)8/h2-5H,1H3. The van der Waals surface area contributed by atoms with Crippen LogP contribution in [0.25, 0.3) is 0 Å². The summed E-state index contributed by atoms with van der Waals surface area (Å²) in [6.45, 7) is 1.82. The van der Waals surface area contributed by atoms with E-state index in [1.807, 2.05) is 6.92 Å². The minimum absolute atomic E-state index is 0.0897. The van der Waals surface area contributed by atoms with Gasteiger partial charge in [0.2, 0.25) is 0 Å². The van der Waals surface area contributed by atoms with Gasteiger partial charge < -0.3 is 9.21 Å². The predicted molar refractivity (Wildman–Crippen MR) is 40.9 cm³/mol. The van der Waals surface area contributed by atoms with Crippen molar-refractivity contribution in [3.8, 4) is 0 Å². The number of carbonyl (C=O) groups is 1. The van der Waals surface area contributed by atoms with Crippen molar-refractivity contribution in [3.63, 3.8) is 0 Å². The van der Waals surface area contributed by atoms with Gasteiger partial charge in [-0.2, -0.15) is 0 Å². The molecule has 1 unspecified atom stereocenters. The highest BCUT2D eigenvalue weighted by Gasteiger charge is 2.09.